The van der Waals surface area contributed by atoms with Crippen molar-refractivity contribution >= 4 is 11.0 Å². The van der Waals surface area contributed by atoms with Crippen LogP contribution < -0.4 is 0 Å². The summed E-state index contributed by atoms with van der Waals surface area (Å²) in [5, 5.41) is 0. The van der Waals surface area contributed by atoms with Crippen molar-refractivity contribution in [2.24, 2.45) is 0 Å². The molecule has 0 spiro atoms. The topological polar surface area (TPSA) is 17.8 Å². The first-order valence-electron chi connectivity index (χ1n) is 10.2. The minimum Gasteiger partial charge on any atom is -0.328 e. The van der Waals surface area contributed by atoms with Gasteiger partial charge < -0.3 is 4.57 Å². The standard InChI is InChI=1S/C22H36N2/c1-4-5-6-7-8-9-10-11-12-13-14-18-24-20(3)23-22-19(2)16-15-17-21(22)24/h15-17H,4-14,18H2,1-3H3. The second-order valence-corrected chi connectivity index (χ2v) is 7.29. The number of rotatable bonds is 12. The van der Waals surface area contributed by atoms with E-state index in [0.717, 1.165) is 12.4 Å². The number of para-hydroxylation sites is 1. The van der Waals surface area contributed by atoms with Crippen molar-refractivity contribution in [1.29, 1.82) is 0 Å². The van der Waals surface area contributed by atoms with Crippen molar-refractivity contribution in [3.8, 4) is 0 Å². The highest BCUT2D eigenvalue weighted by molar-refractivity contribution is 5.79. The number of hydrogen-bond donors (Lipinski definition) is 0. The third-order valence-corrected chi connectivity index (χ3v) is 5.16. The predicted molar refractivity (Wildman–Crippen MR) is 106 cm³/mol. The summed E-state index contributed by atoms with van der Waals surface area (Å²) in [6.07, 6.45) is 15.4. The van der Waals surface area contributed by atoms with Gasteiger partial charge in [0.05, 0.1) is 11.0 Å². The van der Waals surface area contributed by atoms with E-state index in [1.54, 1.807) is 0 Å². The molecule has 0 aliphatic heterocycles. The van der Waals surface area contributed by atoms with Gasteiger partial charge in [0.25, 0.3) is 0 Å². The van der Waals surface area contributed by atoms with Crippen LogP contribution >= 0.6 is 0 Å². The summed E-state index contributed by atoms with van der Waals surface area (Å²) in [4.78, 5) is 4.75. The Balaban J connectivity index is 1.60. The number of hydrogen-bond acceptors (Lipinski definition) is 1. The molecule has 1 aromatic carbocycles. The summed E-state index contributed by atoms with van der Waals surface area (Å²) in [6.45, 7) is 7.69. The lowest BCUT2D eigenvalue weighted by Gasteiger charge is -2.07. The molecule has 0 amide bonds. The SMILES string of the molecule is CCCCCCCCCCCCCn1c(C)nc2c(C)cccc21. The number of aromatic nitrogens is 2. The molecule has 0 fully saturated rings. The molecule has 1 aromatic heterocycles. The average Bonchev–Trinajstić information content (AvgIpc) is 2.90. The van der Waals surface area contributed by atoms with Gasteiger partial charge in [-0.1, -0.05) is 83.3 Å². The zero-order valence-electron chi connectivity index (χ0n) is 16.1. The fourth-order valence-electron chi connectivity index (χ4n) is 3.62. The van der Waals surface area contributed by atoms with Gasteiger partial charge >= 0.3 is 0 Å². The Morgan fingerprint density at radius 3 is 2.00 bits per heavy atom. The highest BCUT2D eigenvalue weighted by Crippen LogP contribution is 2.20. The van der Waals surface area contributed by atoms with Crippen LogP contribution in [0.5, 0.6) is 0 Å². The van der Waals surface area contributed by atoms with Crippen LogP contribution in [0.2, 0.25) is 0 Å². The molecule has 0 radical (unpaired) electrons. The lowest BCUT2D eigenvalue weighted by molar-refractivity contribution is 0.531. The summed E-state index contributed by atoms with van der Waals surface area (Å²) in [6, 6.07) is 6.51. The van der Waals surface area contributed by atoms with Gasteiger partial charge in [0, 0.05) is 6.54 Å². The van der Waals surface area contributed by atoms with E-state index in [4.69, 9.17) is 4.98 Å². The monoisotopic (exact) mass is 328 g/mol. The molecule has 0 unspecified atom stereocenters. The average molecular weight is 329 g/mol. The summed E-state index contributed by atoms with van der Waals surface area (Å²) >= 11 is 0. The van der Waals surface area contributed by atoms with Crippen molar-refractivity contribution in [2.75, 3.05) is 0 Å². The first kappa shape index (κ1) is 19.0. The lowest BCUT2D eigenvalue weighted by Crippen LogP contribution is -2.00. The van der Waals surface area contributed by atoms with E-state index in [-0.39, 0.29) is 0 Å². The largest absolute Gasteiger partial charge is 0.328 e. The Hall–Kier alpha value is -1.31. The summed E-state index contributed by atoms with van der Waals surface area (Å²) in [5.41, 5.74) is 3.77. The molecule has 0 bridgehead atoms. The Kier molecular flexibility index (Phi) is 8.35. The van der Waals surface area contributed by atoms with Crippen LogP contribution in [0.1, 0.15) is 88.9 Å². The van der Waals surface area contributed by atoms with Crippen LogP contribution in [0.3, 0.4) is 0 Å². The Labute approximate surface area is 148 Å². The van der Waals surface area contributed by atoms with Crippen LogP contribution in [0.25, 0.3) is 11.0 Å². The number of fused-ring (bicyclic) bond motifs is 1. The van der Waals surface area contributed by atoms with Gasteiger partial charge in [-0.3, -0.25) is 0 Å². The fraction of sp³-hybridized carbons (Fsp3) is 0.682. The van der Waals surface area contributed by atoms with Gasteiger partial charge in [0.1, 0.15) is 5.82 Å². The van der Waals surface area contributed by atoms with Gasteiger partial charge in [-0.2, -0.15) is 0 Å². The maximum atomic E-state index is 4.75. The van der Waals surface area contributed by atoms with E-state index in [1.807, 2.05) is 0 Å². The van der Waals surface area contributed by atoms with Gasteiger partial charge in [0.2, 0.25) is 0 Å². The molecule has 0 atom stereocenters. The summed E-state index contributed by atoms with van der Waals surface area (Å²) < 4.78 is 2.40. The van der Waals surface area contributed by atoms with Gasteiger partial charge in [-0.15, -0.1) is 0 Å². The molecule has 0 saturated heterocycles. The molecule has 0 N–H and O–H groups in total. The normalized spacial score (nSPS) is 11.5. The third kappa shape index (κ3) is 5.65. The van der Waals surface area contributed by atoms with E-state index in [1.165, 1.54) is 87.2 Å². The second kappa shape index (κ2) is 10.5. The molecule has 0 aliphatic rings. The smallest absolute Gasteiger partial charge is 0.106 e. The molecule has 0 aliphatic carbocycles. The van der Waals surface area contributed by atoms with E-state index in [0.29, 0.717) is 0 Å². The number of nitrogens with zero attached hydrogens (tertiary/aromatic N) is 2. The number of unbranched alkanes of at least 4 members (excludes halogenated alkanes) is 10. The maximum Gasteiger partial charge on any atom is 0.106 e. The summed E-state index contributed by atoms with van der Waals surface area (Å²) in [5.74, 6) is 1.16. The van der Waals surface area contributed by atoms with E-state index in [2.05, 4.69) is 43.5 Å². The van der Waals surface area contributed by atoms with Crippen molar-refractivity contribution in [2.45, 2.75) is 97.9 Å². The van der Waals surface area contributed by atoms with Crippen molar-refractivity contribution in [3.63, 3.8) is 0 Å². The molecule has 2 rings (SSSR count). The first-order chi connectivity index (χ1) is 11.7. The van der Waals surface area contributed by atoms with E-state index >= 15 is 0 Å². The summed E-state index contributed by atoms with van der Waals surface area (Å²) in [7, 11) is 0. The lowest BCUT2D eigenvalue weighted by atomic mass is 10.1. The van der Waals surface area contributed by atoms with Crippen LogP contribution in [-0.2, 0) is 6.54 Å². The highest BCUT2D eigenvalue weighted by Gasteiger charge is 2.08. The van der Waals surface area contributed by atoms with Gasteiger partial charge in [-0.05, 0) is 31.9 Å². The predicted octanol–water partition coefficient (Wildman–Crippen LogP) is 6.96. The zero-order valence-corrected chi connectivity index (χ0v) is 16.1. The molecule has 2 aromatic rings. The zero-order chi connectivity index (χ0) is 17.2. The molecular weight excluding hydrogens is 292 g/mol. The number of imidazole rings is 1. The fourth-order valence-corrected chi connectivity index (χ4v) is 3.62. The van der Waals surface area contributed by atoms with Crippen LogP contribution in [0.15, 0.2) is 18.2 Å². The molecule has 2 heteroatoms. The first-order valence-corrected chi connectivity index (χ1v) is 10.2. The minimum absolute atomic E-state index is 1.11. The van der Waals surface area contributed by atoms with E-state index < -0.39 is 0 Å². The molecule has 2 nitrogen and oxygen atoms in total. The maximum absolute atomic E-state index is 4.75. The van der Waals surface area contributed by atoms with Crippen molar-refractivity contribution in [3.05, 3.63) is 29.6 Å². The van der Waals surface area contributed by atoms with E-state index in [9.17, 15) is 0 Å². The van der Waals surface area contributed by atoms with Gasteiger partial charge in [-0.25, -0.2) is 4.98 Å². The molecule has 134 valence electrons. The van der Waals surface area contributed by atoms with Crippen molar-refractivity contribution in [1.82, 2.24) is 9.55 Å². The van der Waals surface area contributed by atoms with Crippen LogP contribution in [0.4, 0.5) is 0 Å². The number of aryl methyl sites for hydroxylation is 3. The van der Waals surface area contributed by atoms with Gasteiger partial charge in [0.15, 0.2) is 0 Å². The van der Waals surface area contributed by atoms with Crippen molar-refractivity contribution < 1.29 is 0 Å². The Morgan fingerprint density at radius 1 is 0.792 bits per heavy atom. The molecular formula is C22H36N2. The van der Waals surface area contributed by atoms with Crippen LogP contribution in [0, 0.1) is 13.8 Å². The Bertz CT molecular complexity index is 597. The molecule has 24 heavy (non-hydrogen) atoms. The second-order valence-electron chi connectivity index (χ2n) is 7.29. The van der Waals surface area contributed by atoms with Crippen LogP contribution in [-0.4, -0.2) is 9.55 Å². The Morgan fingerprint density at radius 2 is 1.38 bits per heavy atom. The third-order valence-electron chi connectivity index (χ3n) is 5.16. The minimum atomic E-state index is 1.11. The number of benzene rings is 1. The highest BCUT2D eigenvalue weighted by atomic mass is 15.1. The quantitative estimate of drug-likeness (QED) is 0.385. The molecule has 0 saturated carbocycles. The molecule has 1 heterocycles.